The Bertz CT molecular complexity index is 213. The molecule has 23 heavy (non-hydrogen) atoms. The smallest absolute Gasteiger partial charge is 0.0628 e. The minimum atomic E-state index is 0.809. The van der Waals surface area contributed by atoms with Crippen LogP contribution in [0, 0.1) is 0 Å². The van der Waals surface area contributed by atoms with Crippen LogP contribution in [-0.2, 0) is 0 Å². The number of rotatable bonds is 18. The first-order chi connectivity index (χ1) is 11.3. The minimum absolute atomic E-state index is 0.809. The van der Waals surface area contributed by atoms with Gasteiger partial charge in [-0.2, -0.15) is 23.5 Å². The van der Waals surface area contributed by atoms with Crippen molar-refractivity contribution in [3.63, 3.8) is 0 Å². The third kappa shape index (κ3) is 15.4. The summed E-state index contributed by atoms with van der Waals surface area (Å²) in [4.78, 5) is 0. The Balaban J connectivity index is 4.43. The summed E-state index contributed by atoms with van der Waals surface area (Å²) in [6.45, 7) is 9.24. The van der Waals surface area contributed by atoms with Gasteiger partial charge in [0.05, 0.1) is 4.58 Å². The fourth-order valence-corrected chi connectivity index (χ4v) is 8.80. The molecular formula is C19H40S4. The number of hydrogen-bond donors (Lipinski definition) is 0. The van der Waals surface area contributed by atoms with E-state index in [-0.39, 0.29) is 0 Å². The zero-order valence-corrected chi connectivity index (χ0v) is 19.2. The van der Waals surface area contributed by atoms with E-state index >= 15 is 0 Å². The van der Waals surface area contributed by atoms with Crippen molar-refractivity contribution in [2.24, 2.45) is 0 Å². The Morgan fingerprint density at radius 2 is 1.00 bits per heavy atom. The Labute approximate surface area is 164 Å². The fourth-order valence-electron chi connectivity index (χ4n) is 1.98. The van der Waals surface area contributed by atoms with E-state index in [1.807, 2.05) is 0 Å². The van der Waals surface area contributed by atoms with Crippen molar-refractivity contribution in [2.75, 3.05) is 28.8 Å². The van der Waals surface area contributed by atoms with Crippen molar-refractivity contribution in [1.29, 1.82) is 0 Å². The van der Waals surface area contributed by atoms with Gasteiger partial charge in [0.2, 0.25) is 0 Å². The van der Waals surface area contributed by atoms with E-state index in [0.29, 0.717) is 0 Å². The molecule has 0 aromatic carbocycles. The van der Waals surface area contributed by atoms with Crippen LogP contribution in [0.2, 0.25) is 0 Å². The summed E-state index contributed by atoms with van der Waals surface area (Å²) in [5.74, 6) is 6.77. The molecule has 0 saturated carbocycles. The maximum Gasteiger partial charge on any atom is 0.0628 e. The molecule has 0 aromatic rings. The maximum atomic E-state index is 2.31. The molecule has 0 aliphatic heterocycles. The molecule has 1 atom stereocenters. The van der Waals surface area contributed by atoms with Crippen LogP contribution >= 0.6 is 47.0 Å². The van der Waals surface area contributed by atoms with Crippen molar-refractivity contribution in [1.82, 2.24) is 0 Å². The normalized spacial score (nSPS) is 12.9. The van der Waals surface area contributed by atoms with Crippen LogP contribution in [-0.4, -0.2) is 38.6 Å². The lowest BCUT2D eigenvalue weighted by Crippen LogP contribution is -2.22. The van der Waals surface area contributed by atoms with Crippen LogP contribution in [0.25, 0.3) is 0 Å². The SMILES string of the molecule is CCCCSCC(SCCCC)C(SCCCC)SCCCC. The molecule has 0 radical (unpaired) electrons. The molecule has 0 fully saturated rings. The Morgan fingerprint density at radius 3 is 1.48 bits per heavy atom. The van der Waals surface area contributed by atoms with E-state index in [9.17, 15) is 0 Å². The maximum absolute atomic E-state index is 2.31. The van der Waals surface area contributed by atoms with Crippen molar-refractivity contribution in [3.8, 4) is 0 Å². The number of thioether (sulfide) groups is 4. The molecule has 0 bridgehead atoms. The first-order valence-electron chi connectivity index (χ1n) is 9.72. The summed E-state index contributed by atoms with van der Waals surface area (Å²) >= 11 is 8.98. The predicted octanol–water partition coefficient (Wildman–Crippen LogP) is 7.81. The zero-order chi connectivity index (χ0) is 17.2. The molecule has 140 valence electrons. The lowest BCUT2D eigenvalue weighted by molar-refractivity contribution is 0.883. The standard InChI is InChI=1S/C19H40S4/c1-5-9-13-20-17-18(21-14-10-6-2)19(22-15-11-7-3)23-16-12-8-4/h18-19H,5-17H2,1-4H3. The summed E-state index contributed by atoms with van der Waals surface area (Å²) in [5, 5.41) is 0.840. The predicted molar refractivity (Wildman–Crippen MR) is 122 cm³/mol. The van der Waals surface area contributed by atoms with Crippen LogP contribution in [0.15, 0.2) is 0 Å². The van der Waals surface area contributed by atoms with Gasteiger partial charge in [-0.1, -0.05) is 53.4 Å². The van der Waals surface area contributed by atoms with Gasteiger partial charge in [-0.05, 0) is 48.7 Å². The van der Waals surface area contributed by atoms with E-state index < -0.39 is 0 Å². The lowest BCUT2D eigenvalue weighted by Gasteiger charge is -2.26. The molecular weight excluding hydrogens is 356 g/mol. The molecule has 1 unspecified atom stereocenters. The molecule has 0 spiro atoms. The van der Waals surface area contributed by atoms with Gasteiger partial charge in [0.25, 0.3) is 0 Å². The Hall–Kier alpha value is 1.40. The highest BCUT2D eigenvalue weighted by molar-refractivity contribution is 8.18. The molecule has 0 rings (SSSR count). The van der Waals surface area contributed by atoms with Gasteiger partial charge >= 0.3 is 0 Å². The van der Waals surface area contributed by atoms with Gasteiger partial charge in [0.1, 0.15) is 0 Å². The summed E-state index contributed by atoms with van der Waals surface area (Å²) in [7, 11) is 0. The monoisotopic (exact) mass is 396 g/mol. The summed E-state index contributed by atoms with van der Waals surface area (Å²) < 4.78 is 0.809. The topological polar surface area (TPSA) is 0 Å². The van der Waals surface area contributed by atoms with Gasteiger partial charge in [-0.15, -0.1) is 23.5 Å². The molecule has 0 aliphatic carbocycles. The largest absolute Gasteiger partial charge is 0.161 e. The van der Waals surface area contributed by atoms with Crippen LogP contribution < -0.4 is 0 Å². The van der Waals surface area contributed by atoms with E-state index in [0.717, 1.165) is 9.83 Å². The lowest BCUT2D eigenvalue weighted by atomic mass is 10.4. The molecule has 0 aliphatic rings. The summed E-state index contributed by atoms with van der Waals surface area (Å²) in [6.07, 6.45) is 10.9. The molecule has 0 aromatic heterocycles. The van der Waals surface area contributed by atoms with E-state index in [2.05, 4.69) is 74.7 Å². The van der Waals surface area contributed by atoms with E-state index in [1.54, 1.807) is 0 Å². The van der Waals surface area contributed by atoms with Gasteiger partial charge in [0.15, 0.2) is 0 Å². The Kier molecular flexibility index (Phi) is 20.9. The highest BCUT2D eigenvalue weighted by Gasteiger charge is 2.22. The highest BCUT2D eigenvalue weighted by Crippen LogP contribution is 2.36. The molecule has 0 nitrogen and oxygen atoms in total. The van der Waals surface area contributed by atoms with E-state index in [4.69, 9.17) is 0 Å². The zero-order valence-electron chi connectivity index (χ0n) is 16.0. The third-order valence-corrected chi connectivity index (χ3v) is 9.92. The molecule has 0 saturated heterocycles. The second-order valence-electron chi connectivity index (χ2n) is 6.01. The van der Waals surface area contributed by atoms with Crippen molar-refractivity contribution >= 4 is 47.0 Å². The average Bonchev–Trinajstić information content (AvgIpc) is 2.56. The van der Waals surface area contributed by atoms with Crippen LogP contribution in [0.4, 0.5) is 0 Å². The highest BCUT2D eigenvalue weighted by atomic mass is 32.2. The first kappa shape index (κ1) is 24.4. The Morgan fingerprint density at radius 1 is 0.565 bits per heavy atom. The number of unbranched alkanes of at least 4 members (excludes halogenated alkanes) is 4. The van der Waals surface area contributed by atoms with Crippen molar-refractivity contribution < 1.29 is 0 Å². The van der Waals surface area contributed by atoms with Crippen molar-refractivity contribution in [3.05, 3.63) is 0 Å². The molecule has 0 heterocycles. The van der Waals surface area contributed by atoms with Crippen molar-refractivity contribution in [2.45, 2.75) is 88.9 Å². The summed E-state index contributed by atoms with van der Waals surface area (Å²) in [5.41, 5.74) is 0. The second kappa shape index (κ2) is 19.7. The third-order valence-electron chi connectivity index (χ3n) is 3.62. The second-order valence-corrected chi connectivity index (χ2v) is 11.3. The molecule has 4 heteroatoms. The molecule has 0 N–H and O–H groups in total. The summed E-state index contributed by atoms with van der Waals surface area (Å²) in [6, 6.07) is 0. The van der Waals surface area contributed by atoms with Crippen LogP contribution in [0.3, 0.4) is 0 Å². The minimum Gasteiger partial charge on any atom is -0.161 e. The molecule has 0 amide bonds. The van der Waals surface area contributed by atoms with Gasteiger partial charge in [-0.3, -0.25) is 0 Å². The number of hydrogen-bond acceptors (Lipinski definition) is 4. The van der Waals surface area contributed by atoms with Crippen LogP contribution in [0.5, 0.6) is 0 Å². The first-order valence-corrected chi connectivity index (χ1v) is 14.0. The van der Waals surface area contributed by atoms with Gasteiger partial charge < -0.3 is 0 Å². The average molecular weight is 397 g/mol. The van der Waals surface area contributed by atoms with Gasteiger partial charge in [-0.25, -0.2) is 0 Å². The quantitative estimate of drug-likeness (QED) is 0.171. The van der Waals surface area contributed by atoms with E-state index in [1.165, 1.54) is 80.1 Å². The van der Waals surface area contributed by atoms with Gasteiger partial charge in [0, 0.05) is 11.0 Å². The fraction of sp³-hybridized carbons (Fsp3) is 1.00. The van der Waals surface area contributed by atoms with Crippen LogP contribution in [0.1, 0.15) is 79.1 Å².